The van der Waals surface area contributed by atoms with Gasteiger partial charge in [0.2, 0.25) is 0 Å². The molecule has 4 nitrogen and oxygen atoms in total. The van der Waals surface area contributed by atoms with Gasteiger partial charge in [-0.15, -0.1) is 0 Å². The highest BCUT2D eigenvalue weighted by molar-refractivity contribution is 5.78. The number of carbonyl (C=O) groups is 1. The van der Waals surface area contributed by atoms with Crippen LogP contribution in [0.1, 0.15) is 45.4 Å². The van der Waals surface area contributed by atoms with Gasteiger partial charge in [-0.1, -0.05) is 12.8 Å². The van der Waals surface area contributed by atoms with Crippen LogP contribution in [0.5, 0.6) is 0 Å². The fraction of sp³-hybridized carbons (Fsp3) is 0.929. The third-order valence-corrected chi connectivity index (χ3v) is 4.96. The second-order valence-electron chi connectivity index (χ2n) is 5.88. The normalized spacial score (nSPS) is 33.9. The van der Waals surface area contributed by atoms with Crippen LogP contribution in [-0.4, -0.2) is 53.6 Å². The largest absolute Gasteiger partial charge is 0.320 e. The molecule has 0 aromatic heterocycles. The molecule has 2 heterocycles. The Labute approximate surface area is 110 Å². The molecular weight excluding hydrogens is 226 g/mol. The van der Waals surface area contributed by atoms with Gasteiger partial charge in [-0.25, -0.2) is 4.79 Å². The average molecular weight is 251 g/mol. The van der Waals surface area contributed by atoms with Crippen LogP contribution in [0.3, 0.4) is 0 Å². The first-order valence-electron chi connectivity index (χ1n) is 7.62. The highest BCUT2D eigenvalue weighted by Gasteiger charge is 2.48. The van der Waals surface area contributed by atoms with E-state index in [4.69, 9.17) is 0 Å². The van der Waals surface area contributed by atoms with E-state index < -0.39 is 0 Å². The van der Waals surface area contributed by atoms with Crippen LogP contribution in [0.15, 0.2) is 0 Å². The molecule has 1 N–H and O–H groups in total. The Morgan fingerprint density at radius 1 is 1.11 bits per heavy atom. The zero-order valence-corrected chi connectivity index (χ0v) is 11.4. The second-order valence-corrected chi connectivity index (χ2v) is 5.88. The molecule has 18 heavy (non-hydrogen) atoms. The molecule has 0 aromatic rings. The van der Waals surface area contributed by atoms with Gasteiger partial charge in [0.1, 0.15) is 0 Å². The van der Waals surface area contributed by atoms with Crippen molar-refractivity contribution in [3.63, 3.8) is 0 Å². The summed E-state index contributed by atoms with van der Waals surface area (Å²) in [5, 5.41) is 3.40. The number of hydrogen-bond acceptors (Lipinski definition) is 2. The van der Waals surface area contributed by atoms with Gasteiger partial charge in [0.05, 0.1) is 12.1 Å². The summed E-state index contributed by atoms with van der Waals surface area (Å²) in [6.07, 6.45) is 7.29. The zero-order chi connectivity index (χ0) is 12.5. The highest BCUT2D eigenvalue weighted by Crippen LogP contribution is 2.36. The first kappa shape index (κ1) is 12.3. The van der Waals surface area contributed by atoms with Crippen molar-refractivity contribution < 1.29 is 4.79 Å². The van der Waals surface area contributed by atoms with Gasteiger partial charge in [0.25, 0.3) is 0 Å². The SMILES string of the molecule is CCN1C(=O)N(C2CCNCC2)[C@H]2CCCCC21. The highest BCUT2D eigenvalue weighted by atomic mass is 16.2. The van der Waals surface area contributed by atoms with E-state index in [1.165, 1.54) is 25.7 Å². The fourth-order valence-electron chi connectivity index (χ4n) is 4.09. The number of nitrogens with one attached hydrogen (secondary N) is 1. The van der Waals surface area contributed by atoms with E-state index in [0.29, 0.717) is 24.2 Å². The van der Waals surface area contributed by atoms with E-state index in [0.717, 1.165) is 32.5 Å². The molecule has 2 aliphatic heterocycles. The van der Waals surface area contributed by atoms with Crippen LogP contribution < -0.4 is 5.32 Å². The number of urea groups is 1. The number of fused-ring (bicyclic) bond motifs is 1. The minimum atomic E-state index is 0.321. The maximum Gasteiger partial charge on any atom is 0.320 e. The van der Waals surface area contributed by atoms with Crippen molar-refractivity contribution >= 4 is 6.03 Å². The molecule has 2 atom stereocenters. The summed E-state index contributed by atoms with van der Waals surface area (Å²) in [7, 11) is 0. The van der Waals surface area contributed by atoms with Gasteiger partial charge in [-0.3, -0.25) is 0 Å². The van der Waals surface area contributed by atoms with Crippen molar-refractivity contribution in [2.75, 3.05) is 19.6 Å². The molecule has 0 spiro atoms. The number of amides is 2. The number of likely N-dealkylation sites (N-methyl/N-ethyl adjacent to an activating group) is 1. The summed E-state index contributed by atoms with van der Waals surface area (Å²) in [5.41, 5.74) is 0. The number of nitrogens with zero attached hydrogens (tertiary/aromatic N) is 2. The van der Waals surface area contributed by atoms with Gasteiger partial charge in [0, 0.05) is 12.6 Å². The Morgan fingerprint density at radius 2 is 1.78 bits per heavy atom. The van der Waals surface area contributed by atoms with Crippen LogP contribution >= 0.6 is 0 Å². The van der Waals surface area contributed by atoms with E-state index >= 15 is 0 Å². The Hall–Kier alpha value is -0.770. The van der Waals surface area contributed by atoms with Gasteiger partial charge >= 0.3 is 6.03 Å². The van der Waals surface area contributed by atoms with E-state index in [1.54, 1.807) is 0 Å². The summed E-state index contributed by atoms with van der Waals surface area (Å²) >= 11 is 0. The maximum absolute atomic E-state index is 12.6. The molecule has 1 saturated carbocycles. The third-order valence-electron chi connectivity index (χ3n) is 4.96. The molecule has 0 radical (unpaired) electrons. The summed E-state index contributed by atoms with van der Waals surface area (Å²) in [6.45, 7) is 5.13. The van der Waals surface area contributed by atoms with Crippen LogP contribution in [0.2, 0.25) is 0 Å². The first-order valence-corrected chi connectivity index (χ1v) is 7.62. The van der Waals surface area contributed by atoms with Gasteiger partial charge in [-0.2, -0.15) is 0 Å². The van der Waals surface area contributed by atoms with Crippen LogP contribution in [0.4, 0.5) is 4.79 Å². The quantitative estimate of drug-likeness (QED) is 0.812. The van der Waals surface area contributed by atoms with E-state index in [-0.39, 0.29) is 0 Å². The number of rotatable bonds is 2. The Balaban J connectivity index is 1.81. The third kappa shape index (κ3) is 1.91. The van der Waals surface area contributed by atoms with E-state index in [2.05, 4.69) is 22.0 Å². The Kier molecular flexibility index (Phi) is 3.46. The van der Waals surface area contributed by atoms with E-state index in [9.17, 15) is 4.79 Å². The number of piperidine rings is 1. The fourth-order valence-corrected chi connectivity index (χ4v) is 4.09. The standard InChI is InChI=1S/C14H25N3O/c1-2-16-12-5-3-4-6-13(12)17(14(16)18)11-7-9-15-10-8-11/h11-13,15H,2-10H2,1H3/t12?,13-/m0/s1. The molecule has 0 aromatic carbocycles. The van der Waals surface area contributed by atoms with Crippen molar-refractivity contribution in [2.45, 2.75) is 63.6 Å². The van der Waals surface area contributed by atoms with Crippen molar-refractivity contribution in [1.82, 2.24) is 15.1 Å². The zero-order valence-electron chi connectivity index (χ0n) is 11.4. The lowest BCUT2D eigenvalue weighted by Crippen LogP contribution is -2.49. The smallest absolute Gasteiger partial charge is 0.320 e. The summed E-state index contributed by atoms with van der Waals surface area (Å²) < 4.78 is 0. The molecule has 3 rings (SSSR count). The molecule has 102 valence electrons. The molecule has 2 amide bonds. The first-order chi connectivity index (χ1) is 8.83. The van der Waals surface area contributed by atoms with Gasteiger partial charge in [-0.05, 0) is 45.7 Å². The lowest BCUT2D eigenvalue weighted by molar-refractivity contribution is 0.138. The summed E-state index contributed by atoms with van der Waals surface area (Å²) in [6, 6.07) is 1.82. The summed E-state index contributed by atoms with van der Waals surface area (Å²) in [5.74, 6) is 0. The summed E-state index contributed by atoms with van der Waals surface area (Å²) in [4.78, 5) is 17.0. The average Bonchev–Trinajstić information content (AvgIpc) is 2.71. The van der Waals surface area contributed by atoms with Crippen molar-refractivity contribution in [3.8, 4) is 0 Å². The molecule has 3 aliphatic rings. The molecule has 1 unspecified atom stereocenters. The number of carbonyl (C=O) groups excluding carboxylic acids is 1. The number of hydrogen-bond donors (Lipinski definition) is 1. The van der Waals surface area contributed by atoms with Gasteiger partial charge in [0.15, 0.2) is 0 Å². The topological polar surface area (TPSA) is 35.6 Å². The van der Waals surface area contributed by atoms with Crippen molar-refractivity contribution in [3.05, 3.63) is 0 Å². The molecular formula is C14H25N3O. The molecule has 3 fully saturated rings. The van der Waals surface area contributed by atoms with Crippen LogP contribution in [0.25, 0.3) is 0 Å². The lowest BCUT2D eigenvalue weighted by atomic mass is 9.89. The van der Waals surface area contributed by atoms with Crippen molar-refractivity contribution in [1.29, 1.82) is 0 Å². The molecule has 2 saturated heterocycles. The lowest BCUT2D eigenvalue weighted by Gasteiger charge is -2.37. The predicted molar refractivity (Wildman–Crippen MR) is 71.6 cm³/mol. The van der Waals surface area contributed by atoms with E-state index in [1.807, 2.05) is 0 Å². The van der Waals surface area contributed by atoms with Crippen LogP contribution in [0, 0.1) is 0 Å². The molecule has 1 aliphatic carbocycles. The molecule has 0 bridgehead atoms. The minimum Gasteiger partial charge on any atom is -0.320 e. The predicted octanol–water partition coefficient (Wildman–Crippen LogP) is 1.81. The minimum absolute atomic E-state index is 0.321. The molecule has 4 heteroatoms. The Bertz CT molecular complexity index is 314. The Morgan fingerprint density at radius 3 is 2.44 bits per heavy atom. The monoisotopic (exact) mass is 251 g/mol. The maximum atomic E-state index is 12.6. The van der Waals surface area contributed by atoms with Crippen LogP contribution in [-0.2, 0) is 0 Å². The second kappa shape index (κ2) is 5.08. The van der Waals surface area contributed by atoms with Crippen molar-refractivity contribution in [2.24, 2.45) is 0 Å². The van der Waals surface area contributed by atoms with Gasteiger partial charge < -0.3 is 15.1 Å².